The van der Waals surface area contributed by atoms with Crippen molar-refractivity contribution >= 4 is 0 Å². The van der Waals surface area contributed by atoms with E-state index in [1.165, 1.54) is 38.5 Å². The predicted octanol–water partition coefficient (Wildman–Crippen LogP) is -0.758. The van der Waals surface area contributed by atoms with E-state index in [1.807, 2.05) is 0 Å². The van der Waals surface area contributed by atoms with Crippen LogP contribution in [0.25, 0.3) is 0 Å². The van der Waals surface area contributed by atoms with E-state index in [0.29, 0.717) is 5.54 Å². The van der Waals surface area contributed by atoms with E-state index in [2.05, 4.69) is 34.9 Å². The van der Waals surface area contributed by atoms with Crippen LogP contribution in [-0.4, -0.2) is 4.57 Å². The number of imidazole rings is 1. The van der Waals surface area contributed by atoms with Crippen molar-refractivity contribution < 1.29 is 28.5 Å². The van der Waals surface area contributed by atoms with Gasteiger partial charge in [0.1, 0.15) is 17.9 Å². The molecule has 4 saturated carbocycles. The van der Waals surface area contributed by atoms with Gasteiger partial charge in [-0.2, -0.15) is 0 Å². The van der Waals surface area contributed by atoms with Crippen LogP contribution in [0.5, 0.6) is 0 Å². The first kappa shape index (κ1) is 12.0. The van der Waals surface area contributed by atoms with Crippen LogP contribution in [0.15, 0.2) is 18.7 Å². The summed E-state index contributed by atoms with van der Waals surface area (Å²) < 4.78 is 4.73. The number of aromatic nitrogens is 2. The molecule has 0 N–H and O–H groups in total. The Kier molecular flexibility index (Phi) is 2.80. The van der Waals surface area contributed by atoms with E-state index in [9.17, 15) is 0 Å². The molecule has 1 aromatic heterocycles. The minimum absolute atomic E-state index is 0. The van der Waals surface area contributed by atoms with Crippen LogP contribution in [0.3, 0.4) is 0 Å². The Labute approximate surface area is 120 Å². The summed E-state index contributed by atoms with van der Waals surface area (Å²) in [6.07, 6.45) is 15.7. The summed E-state index contributed by atoms with van der Waals surface area (Å²) in [5.41, 5.74) is 0.510. The van der Waals surface area contributed by atoms with E-state index in [-0.39, 0.29) is 24.0 Å². The molecule has 0 saturated heterocycles. The van der Waals surface area contributed by atoms with Crippen LogP contribution in [0.2, 0.25) is 0 Å². The third-order valence-electron chi connectivity index (χ3n) is 5.32. The predicted molar refractivity (Wildman–Crippen MR) is 61.8 cm³/mol. The first-order valence-electron chi connectivity index (χ1n) is 6.77. The fourth-order valence-electron chi connectivity index (χ4n) is 5.11. The fraction of sp³-hybridized carbons (Fsp3) is 0.786. The van der Waals surface area contributed by atoms with E-state index in [0.717, 1.165) is 17.8 Å². The second-order valence-electron chi connectivity index (χ2n) is 6.63. The van der Waals surface area contributed by atoms with Crippen molar-refractivity contribution in [2.75, 3.05) is 0 Å². The van der Waals surface area contributed by atoms with Gasteiger partial charge in [-0.1, -0.05) is 0 Å². The Hall–Kier alpha value is -0.0600. The molecule has 4 aliphatic rings. The number of halogens is 1. The molecule has 0 spiro atoms. The highest BCUT2D eigenvalue weighted by Gasteiger charge is 2.54. The van der Waals surface area contributed by atoms with Crippen molar-refractivity contribution in [1.82, 2.24) is 4.57 Å². The lowest BCUT2D eigenvalue weighted by molar-refractivity contribution is -0.671. The van der Waals surface area contributed by atoms with Crippen molar-refractivity contribution in [3.8, 4) is 0 Å². The van der Waals surface area contributed by atoms with E-state index < -0.39 is 0 Å². The van der Waals surface area contributed by atoms with E-state index in [4.69, 9.17) is 0 Å². The molecule has 0 amide bonds. The Morgan fingerprint density at radius 2 is 1.59 bits per heavy atom. The molecule has 0 aromatic carbocycles. The van der Waals surface area contributed by atoms with Crippen LogP contribution in [0, 0.1) is 17.8 Å². The molecule has 0 radical (unpaired) electrons. The second-order valence-corrected chi connectivity index (χ2v) is 6.63. The van der Waals surface area contributed by atoms with Crippen molar-refractivity contribution in [2.45, 2.75) is 44.1 Å². The van der Waals surface area contributed by atoms with E-state index >= 15 is 0 Å². The molecule has 4 fully saturated rings. The van der Waals surface area contributed by atoms with Crippen LogP contribution in [0.4, 0.5) is 0 Å². The Bertz CT molecular complexity index is 388. The Balaban J connectivity index is 0.000000902. The lowest BCUT2D eigenvalue weighted by Gasteiger charge is -2.54. The largest absolute Gasteiger partial charge is 1.00 e. The zero-order valence-corrected chi connectivity index (χ0v) is 12.6. The molecular formula is C14H21IN2. The fourth-order valence-corrected chi connectivity index (χ4v) is 5.11. The first-order valence-corrected chi connectivity index (χ1v) is 6.77. The summed E-state index contributed by atoms with van der Waals surface area (Å²) in [5, 5.41) is 0. The topological polar surface area (TPSA) is 8.81 Å². The highest BCUT2D eigenvalue weighted by atomic mass is 127. The quantitative estimate of drug-likeness (QED) is 0.468. The second kappa shape index (κ2) is 3.97. The van der Waals surface area contributed by atoms with Crippen molar-refractivity contribution in [3.05, 3.63) is 18.7 Å². The number of nitrogens with zero attached hydrogens (tertiary/aromatic N) is 2. The van der Waals surface area contributed by atoms with E-state index in [1.54, 1.807) is 0 Å². The van der Waals surface area contributed by atoms with Gasteiger partial charge in [-0.3, -0.25) is 0 Å². The van der Waals surface area contributed by atoms with Gasteiger partial charge in [-0.25, -0.2) is 9.13 Å². The number of hydrogen-bond donors (Lipinski definition) is 0. The average Bonchev–Trinajstić information content (AvgIpc) is 2.63. The molecule has 0 atom stereocenters. The highest BCUT2D eigenvalue weighted by Crippen LogP contribution is 2.58. The zero-order valence-electron chi connectivity index (χ0n) is 10.5. The smallest absolute Gasteiger partial charge is 0.243 e. The third kappa shape index (κ3) is 1.76. The molecule has 2 nitrogen and oxygen atoms in total. The Morgan fingerprint density at radius 1 is 1.06 bits per heavy atom. The minimum Gasteiger partial charge on any atom is -1.00 e. The number of hydrogen-bond acceptors (Lipinski definition) is 0. The van der Waals surface area contributed by atoms with Crippen molar-refractivity contribution in [1.29, 1.82) is 0 Å². The lowest BCUT2D eigenvalue weighted by atomic mass is 9.53. The van der Waals surface area contributed by atoms with Gasteiger partial charge < -0.3 is 24.0 Å². The molecule has 0 unspecified atom stereocenters. The summed E-state index contributed by atoms with van der Waals surface area (Å²) >= 11 is 0. The third-order valence-corrected chi connectivity index (χ3v) is 5.32. The first-order chi connectivity index (χ1) is 7.73. The van der Waals surface area contributed by atoms with Gasteiger partial charge in [0.15, 0.2) is 0 Å². The minimum atomic E-state index is 0. The molecule has 4 aliphatic carbocycles. The number of aryl methyl sites for hydroxylation is 1. The SMILES string of the molecule is C[n+]1ccn(C23CC4CC(CC(C4)C2)C3)c1.[I-]. The molecule has 94 valence electrons. The maximum Gasteiger partial charge on any atom is 0.243 e. The molecule has 0 aliphatic heterocycles. The van der Waals surface area contributed by atoms with Crippen molar-refractivity contribution in [2.24, 2.45) is 24.8 Å². The van der Waals surface area contributed by atoms with Gasteiger partial charge in [0.2, 0.25) is 6.33 Å². The maximum atomic E-state index is 2.54. The molecule has 17 heavy (non-hydrogen) atoms. The molecular weight excluding hydrogens is 323 g/mol. The standard InChI is InChI=1S/C14H21N2.HI/c1-15-2-3-16(10-15)14-7-11-4-12(8-14)6-13(5-11)9-14;/h2-3,10-13H,4-9H2,1H3;1H/q+1;/p-1. The lowest BCUT2D eigenvalue weighted by Crippen LogP contribution is -3.00. The van der Waals surface area contributed by atoms with Gasteiger partial charge in [-0.15, -0.1) is 0 Å². The zero-order chi connectivity index (χ0) is 10.8. The van der Waals surface area contributed by atoms with Crippen LogP contribution >= 0.6 is 0 Å². The molecule has 5 rings (SSSR count). The summed E-state index contributed by atoms with van der Waals surface area (Å²) in [6, 6.07) is 0. The maximum absolute atomic E-state index is 2.54. The summed E-state index contributed by atoms with van der Waals surface area (Å²) in [7, 11) is 2.14. The molecule has 1 heterocycles. The van der Waals surface area contributed by atoms with Crippen LogP contribution < -0.4 is 28.5 Å². The Morgan fingerprint density at radius 3 is 2.00 bits per heavy atom. The monoisotopic (exact) mass is 344 g/mol. The average molecular weight is 344 g/mol. The van der Waals surface area contributed by atoms with Gasteiger partial charge in [0, 0.05) is 0 Å². The summed E-state index contributed by atoms with van der Waals surface area (Å²) in [5.74, 6) is 3.12. The summed E-state index contributed by atoms with van der Waals surface area (Å²) in [6.45, 7) is 0. The van der Waals surface area contributed by atoms with Crippen molar-refractivity contribution in [3.63, 3.8) is 0 Å². The van der Waals surface area contributed by atoms with Gasteiger partial charge in [0.05, 0.1) is 7.05 Å². The van der Waals surface area contributed by atoms with Crippen LogP contribution in [0.1, 0.15) is 38.5 Å². The normalized spacial score (nSPS) is 42.5. The highest BCUT2D eigenvalue weighted by molar-refractivity contribution is 5.05. The van der Waals surface area contributed by atoms with Gasteiger partial charge in [0.25, 0.3) is 0 Å². The molecule has 3 heteroatoms. The van der Waals surface area contributed by atoms with Gasteiger partial charge >= 0.3 is 0 Å². The molecule has 1 aromatic rings. The summed E-state index contributed by atoms with van der Waals surface area (Å²) in [4.78, 5) is 0. The van der Waals surface area contributed by atoms with Crippen LogP contribution in [-0.2, 0) is 12.6 Å². The molecule has 4 bridgehead atoms. The number of rotatable bonds is 1. The van der Waals surface area contributed by atoms with Gasteiger partial charge in [-0.05, 0) is 56.3 Å².